The van der Waals surface area contributed by atoms with Gasteiger partial charge in [0, 0.05) is 12.1 Å². The number of nitrogen functional groups attached to an aromatic ring is 1. The molecule has 3 aromatic rings. The summed E-state index contributed by atoms with van der Waals surface area (Å²) in [5, 5.41) is 20.1. The number of para-hydroxylation sites is 1. The van der Waals surface area contributed by atoms with Gasteiger partial charge in [-0.2, -0.15) is 9.78 Å². The second-order valence-electron chi connectivity index (χ2n) is 4.62. The molecule has 0 spiro atoms. The SMILES string of the molecule is Cc1nnc(N)nc1C.O=c1ccc(O)nn1-c1ccccc1. The van der Waals surface area contributed by atoms with Gasteiger partial charge in [-0.3, -0.25) is 4.79 Å². The summed E-state index contributed by atoms with van der Waals surface area (Å²) in [6, 6.07) is 11.5. The minimum atomic E-state index is -0.269. The Bertz CT molecular complexity index is 848. The van der Waals surface area contributed by atoms with Gasteiger partial charge in [0.05, 0.1) is 17.1 Å². The summed E-state index contributed by atoms with van der Waals surface area (Å²) in [6.45, 7) is 3.69. The summed E-state index contributed by atoms with van der Waals surface area (Å²) in [7, 11) is 0. The third-order valence-corrected chi connectivity index (χ3v) is 2.90. The van der Waals surface area contributed by atoms with Crippen LogP contribution in [0.5, 0.6) is 5.88 Å². The molecule has 0 unspecified atom stereocenters. The van der Waals surface area contributed by atoms with E-state index in [9.17, 15) is 4.79 Å². The second kappa shape index (κ2) is 7.12. The Kier molecular flexibility index (Phi) is 4.98. The molecule has 0 saturated heterocycles. The van der Waals surface area contributed by atoms with Gasteiger partial charge < -0.3 is 10.8 Å². The first-order valence-electron chi connectivity index (χ1n) is 6.75. The average molecular weight is 312 g/mol. The maximum atomic E-state index is 11.4. The molecule has 3 N–H and O–H groups in total. The molecule has 0 fully saturated rings. The van der Waals surface area contributed by atoms with Crippen molar-refractivity contribution in [1.82, 2.24) is 25.0 Å². The Morgan fingerprint density at radius 1 is 1.00 bits per heavy atom. The summed E-state index contributed by atoms with van der Waals surface area (Å²) in [6.07, 6.45) is 0. The number of nitrogens with two attached hydrogens (primary N) is 1. The van der Waals surface area contributed by atoms with Crippen molar-refractivity contribution in [2.24, 2.45) is 0 Å². The number of nitrogens with zero attached hydrogens (tertiary/aromatic N) is 5. The van der Waals surface area contributed by atoms with Gasteiger partial charge in [0.25, 0.3) is 5.56 Å². The van der Waals surface area contributed by atoms with Gasteiger partial charge >= 0.3 is 0 Å². The van der Waals surface area contributed by atoms with Crippen molar-refractivity contribution in [3.63, 3.8) is 0 Å². The lowest BCUT2D eigenvalue weighted by Crippen LogP contribution is -2.19. The van der Waals surface area contributed by atoms with Crippen molar-refractivity contribution < 1.29 is 5.11 Å². The van der Waals surface area contributed by atoms with Crippen molar-refractivity contribution in [3.05, 3.63) is 64.2 Å². The number of hydrogen-bond donors (Lipinski definition) is 2. The second-order valence-corrected chi connectivity index (χ2v) is 4.62. The van der Waals surface area contributed by atoms with E-state index in [2.05, 4.69) is 20.3 Å². The van der Waals surface area contributed by atoms with E-state index >= 15 is 0 Å². The molecule has 8 heteroatoms. The van der Waals surface area contributed by atoms with Crippen LogP contribution < -0.4 is 11.3 Å². The maximum absolute atomic E-state index is 11.4. The summed E-state index contributed by atoms with van der Waals surface area (Å²) < 4.78 is 1.15. The lowest BCUT2D eigenvalue weighted by atomic mass is 10.3. The van der Waals surface area contributed by atoms with Gasteiger partial charge in [0.15, 0.2) is 0 Å². The van der Waals surface area contributed by atoms with Gasteiger partial charge in [-0.25, -0.2) is 4.98 Å². The van der Waals surface area contributed by atoms with E-state index in [-0.39, 0.29) is 17.4 Å². The van der Waals surface area contributed by atoms with Crippen LogP contribution in [0.3, 0.4) is 0 Å². The highest BCUT2D eigenvalue weighted by Gasteiger charge is 2.00. The Morgan fingerprint density at radius 2 is 1.70 bits per heavy atom. The van der Waals surface area contributed by atoms with Crippen molar-refractivity contribution in [3.8, 4) is 11.6 Å². The number of aromatic nitrogens is 5. The van der Waals surface area contributed by atoms with Crippen molar-refractivity contribution in [2.75, 3.05) is 5.73 Å². The zero-order chi connectivity index (χ0) is 16.8. The van der Waals surface area contributed by atoms with Gasteiger partial charge in [0.2, 0.25) is 11.8 Å². The first kappa shape index (κ1) is 16.1. The zero-order valence-corrected chi connectivity index (χ0v) is 12.7. The molecule has 23 heavy (non-hydrogen) atoms. The molecule has 0 amide bonds. The van der Waals surface area contributed by atoms with Crippen LogP contribution in [0, 0.1) is 13.8 Å². The van der Waals surface area contributed by atoms with E-state index in [4.69, 9.17) is 10.8 Å². The summed E-state index contributed by atoms with van der Waals surface area (Å²) in [4.78, 5) is 15.2. The number of anilines is 1. The highest BCUT2D eigenvalue weighted by molar-refractivity contribution is 5.30. The number of rotatable bonds is 1. The van der Waals surface area contributed by atoms with Crippen LogP contribution in [0.2, 0.25) is 0 Å². The van der Waals surface area contributed by atoms with Crippen LogP contribution >= 0.6 is 0 Å². The predicted molar refractivity (Wildman–Crippen MR) is 85.2 cm³/mol. The molecule has 0 bridgehead atoms. The van der Waals surface area contributed by atoms with Crippen molar-refractivity contribution in [1.29, 1.82) is 0 Å². The van der Waals surface area contributed by atoms with Crippen LogP contribution in [0.25, 0.3) is 5.69 Å². The van der Waals surface area contributed by atoms with Gasteiger partial charge in [-0.15, -0.1) is 10.2 Å². The van der Waals surface area contributed by atoms with E-state index in [1.54, 1.807) is 24.3 Å². The number of aromatic hydroxyl groups is 1. The molecule has 0 aliphatic heterocycles. The maximum Gasteiger partial charge on any atom is 0.271 e. The first-order valence-corrected chi connectivity index (χ1v) is 6.75. The van der Waals surface area contributed by atoms with Crippen molar-refractivity contribution in [2.45, 2.75) is 13.8 Å². The third-order valence-electron chi connectivity index (χ3n) is 2.90. The molecule has 0 radical (unpaired) electrons. The van der Waals surface area contributed by atoms with E-state index in [1.807, 2.05) is 19.9 Å². The predicted octanol–water partition coefficient (Wildman–Crippen LogP) is 1.01. The number of benzene rings is 1. The first-order chi connectivity index (χ1) is 11.0. The number of aryl methyl sites for hydroxylation is 2. The molecule has 0 atom stereocenters. The molecule has 1 aromatic carbocycles. The summed E-state index contributed by atoms with van der Waals surface area (Å²) >= 11 is 0. The molecule has 0 saturated carbocycles. The highest BCUT2D eigenvalue weighted by atomic mass is 16.3. The quantitative estimate of drug-likeness (QED) is 0.688. The molecule has 2 aromatic heterocycles. The van der Waals surface area contributed by atoms with Gasteiger partial charge in [0.1, 0.15) is 0 Å². The van der Waals surface area contributed by atoms with Crippen LogP contribution in [-0.2, 0) is 0 Å². The largest absolute Gasteiger partial charge is 0.492 e. The third kappa shape index (κ3) is 4.34. The fraction of sp³-hybridized carbons (Fsp3) is 0.133. The lowest BCUT2D eigenvalue weighted by Gasteiger charge is -2.02. The smallest absolute Gasteiger partial charge is 0.271 e. The van der Waals surface area contributed by atoms with Crippen molar-refractivity contribution >= 4 is 5.95 Å². The fourth-order valence-corrected chi connectivity index (χ4v) is 1.63. The Balaban J connectivity index is 0.000000185. The standard InChI is InChI=1S/C10H8N2O2.C5H8N4/c13-9-6-7-10(14)12(11-9)8-4-2-1-3-5-8;1-3-4(2)8-9-5(6)7-3/h1-7H,(H,11,13);1-2H3,(H2,6,7,9). The highest BCUT2D eigenvalue weighted by Crippen LogP contribution is 2.04. The van der Waals surface area contributed by atoms with E-state index < -0.39 is 0 Å². The number of hydrogen-bond acceptors (Lipinski definition) is 7. The lowest BCUT2D eigenvalue weighted by molar-refractivity contribution is 0.436. The molecule has 0 aliphatic carbocycles. The van der Waals surface area contributed by atoms with Crippen LogP contribution in [0.15, 0.2) is 47.3 Å². The van der Waals surface area contributed by atoms with E-state index in [1.165, 1.54) is 12.1 Å². The minimum absolute atomic E-state index is 0.173. The van der Waals surface area contributed by atoms with Gasteiger partial charge in [-0.1, -0.05) is 18.2 Å². The minimum Gasteiger partial charge on any atom is -0.492 e. The monoisotopic (exact) mass is 312 g/mol. The van der Waals surface area contributed by atoms with E-state index in [0.717, 1.165) is 16.1 Å². The summed E-state index contributed by atoms with van der Waals surface area (Å²) in [5.74, 6) is 0.0616. The molecule has 118 valence electrons. The molecular weight excluding hydrogens is 296 g/mol. The van der Waals surface area contributed by atoms with Gasteiger partial charge in [-0.05, 0) is 26.0 Å². The zero-order valence-electron chi connectivity index (χ0n) is 12.7. The average Bonchev–Trinajstić information content (AvgIpc) is 2.55. The van der Waals surface area contributed by atoms with E-state index in [0.29, 0.717) is 5.69 Å². The molecule has 8 nitrogen and oxygen atoms in total. The van der Waals surface area contributed by atoms with Crippen LogP contribution in [0.4, 0.5) is 5.95 Å². The molecule has 2 heterocycles. The Labute approximate surface area is 132 Å². The Morgan fingerprint density at radius 3 is 2.30 bits per heavy atom. The van der Waals surface area contributed by atoms with Crippen LogP contribution in [0.1, 0.15) is 11.4 Å². The normalized spacial score (nSPS) is 9.83. The van der Waals surface area contributed by atoms with Crippen LogP contribution in [-0.4, -0.2) is 30.1 Å². The molecule has 0 aliphatic rings. The fourth-order valence-electron chi connectivity index (χ4n) is 1.63. The summed E-state index contributed by atoms with van der Waals surface area (Å²) in [5.41, 5.74) is 7.27. The topological polar surface area (TPSA) is 120 Å². The Hall–Kier alpha value is -3.29. The molecular formula is C15H16N6O2. The molecule has 3 rings (SSSR count).